The van der Waals surface area contributed by atoms with Gasteiger partial charge in [0.15, 0.2) is 0 Å². The molecule has 4 rings (SSSR count). The van der Waals surface area contributed by atoms with Gasteiger partial charge < -0.3 is 15.7 Å². The number of benzene rings is 2. The van der Waals surface area contributed by atoms with Gasteiger partial charge in [-0.2, -0.15) is 0 Å². The van der Waals surface area contributed by atoms with E-state index in [1.807, 2.05) is 12.1 Å². The van der Waals surface area contributed by atoms with Crippen molar-refractivity contribution in [3.63, 3.8) is 0 Å². The van der Waals surface area contributed by atoms with E-state index in [1.165, 1.54) is 22.4 Å². The highest BCUT2D eigenvalue weighted by atomic mass is 16.3. The number of hydrogen-bond acceptors (Lipinski definition) is 4. The Morgan fingerprint density at radius 1 is 0.960 bits per heavy atom. The van der Waals surface area contributed by atoms with Crippen LogP contribution in [0.2, 0.25) is 0 Å². The van der Waals surface area contributed by atoms with E-state index in [2.05, 4.69) is 47.1 Å². The third-order valence-corrected chi connectivity index (χ3v) is 5.84. The van der Waals surface area contributed by atoms with Crippen molar-refractivity contribution in [1.29, 1.82) is 0 Å². The SMILES string of the molecule is Cc1ccccc1N1CCN([C@@H]2Cc3c(N)cccc3C[C@H]2O)CC1. The van der Waals surface area contributed by atoms with Crippen molar-refractivity contribution in [1.82, 2.24) is 4.90 Å². The maximum atomic E-state index is 10.7. The van der Waals surface area contributed by atoms with Gasteiger partial charge >= 0.3 is 0 Å². The van der Waals surface area contributed by atoms with Crippen molar-refractivity contribution in [3.05, 3.63) is 59.2 Å². The number of aryl methyl sites for hydroxylation is 1. The molecule has 0 saturated carbocycles. The molecule has 1 heterocycles. The van der Waals surface area contributed by atoms with Gasteiger partial charge in [0.05, 0.1) is 6.10 Å². The Morgan fingerprint density at radius 3 is 2.48 bits per heavy atom. The van der Waals surface area contributed by atoms with E-state index in [-0.39, 0.29) is 12.1 Å². The molecule has 25 heavy (non-hydrogen) atoms. The number of aliphatic hydroxyl groups excluding tert-OH is 1. The van der Waals surface area contributed by atoms with Crippen LogP contribution in [-0.2, 0) is 12.8 Å². The molecule has 2 aromatic rings. The lowest BCUT2D eigenvalue weighted by Crippen LogP contribution is -2.56. The number of piperazine rings is 1. The summed E-state index contributed by atoms with van der Waals surface area (Å²) in [4.78, 5) is 4.91. The van der Waals surface area contributed by atoms with Crippen LogP contribution in [-0.4, -0.2) is 48.3 Å². The molecular weight excluding hydrogens is 310 g/mol. The molecule has 2 aliphatic rings. The molecule has 0 unspecified atom stereocenters. The Hall–Kier alpha value is -2.04. The van der Waals surface area contributed by atoms with Gasteiger partial charge in [0, 0.05) is 50.0 Å². The van der Waals surface area contributed by atoms with E-state index < -0.39 is 0 Å². The molecule has 0 aromatic heterocycles. The second kappa shape index (κ2) is 6.70. The Kier molecular flexibility index (Phi) is 4.40. The minimum absolute atomic E-state index is 0.177. The number of anilines is 2. The van der Waals surface area contributed by atoms with E-state index in [4.69, 9.17) is 5.73 Å². The zero-order valence-corrected chi connectivity index (χ0v) is 14.9. The Labute approximate surface area is 149 Å². The summed E-state index contributed by atoms with van der Waals surface area (Å²) in [6, 6.07) is 14.8. The van der Waals surface area contributed by atoms with Gasteiger partial charge in [-0.25, -0.2) is 0 Å². The normalized spacial score (nSPS) is 24.2. The standard InChI is InChI=1S/C21H27N3O/c1-15-5-2-3-8-19(15)23-9-11-24(12-10-23)20-14-17-16(13-21(20)25)6-4-7-18(17)22/h2-8,20-21,25H,9-14,22H2,1H3/t20-,21-/m1/s1. The summed E-state index contributed by atoms with van der Waals surface area (Å²) in [6.07, 6.45) is 1.26. The Bertz CT molecular complexity index is 753. The van der Waals surface area contributed by atoms with Crippen LogP contribution in [0.1, 0.15) is 16.7 Å². The molecule has 2 atom stereocenters. The largest absolute Gasteiger partial charge is 0.398 e. The maximum absolute atomic E-state index is 10.7. The predicted molar refractivity (Wildman–Crippen MR) is 103 cm³/mol. The first kappa shape index (κ1) is 16.4. The van der Waals surface area contributed by atoms with E-state index >= 15 is 0 Å². The lowest BCUT2D eigenvalue weighted by molar-refractivity contribution is 0.0397. The first-order valence-corrected chi connectivity index (χ1v) is 9.22. The van der Waals surface area contributed by atoms with Crippen LogP contribution < -0.4 is 10.6 Å². The molecule has 1 saturated heterocycles. The summed E-state index contributed by atoms with van der Waals surface area (Å²) in [7, 11) is 0. The molecule has 0 radical (unpaired) electrons. The number of hydrogen-bond donors (Lipinski definition) is 2. The monoisotopic (exact) mass is 337 g/mol. The first-order valence-electron chi connectivity index (χ1n) is 9.22. The van der Waals surface area contributed by atoms with Gasteiger partial charge in [0.2, 0.25) is 0 Å². The molecular formula is C21H27N3O. The van der Waals surface area contributed by atoms with Crippen molar-refractivity contribution < 1.29 is 5.11 Å². The average Bonchev–Trinajstić information content (AvgIpc) is 2.62. The lowest BCUT2D eigenvalue weighted by atomic mass is 9.84. The summed E-state index contributed by atoms with van der Waals surface area (Å²) >= 11 is 0. The zero-order chi connectivity index (χ0) is 17.4. The predicted octanol–water partition coefficient (Wildman–Crippen LogP) is 2.23. The summed E-state index contributed by atoms with van der Waals surface area (Å²) in [5.41, 5.74) is 12.2. The molecule has 2 aromatic carbocycles. The van der Waals surface area contributed by atoms with E-state index in [0.29, 0.717) is 6.42 Å². The molecule has 3 N–H and O–H groups in total. The smallest absolute Gasteiger partial charge is 0.0739 e. The van der Waals surface area contributed by atoms with Crippen LogP contribution in [0.3, 0.4) is 0 Å². The molecule has 0 amide bonds. The number of nitrogens with zero attached hydrogens (tertiary/aromatic N) is 2. The Balaban J connectivity index is 1.46. The molecule has 4 nitrogen and oxygen atoms in total. The lowest BCUT2D eigenvalue weighted by Gasteiger charge is -2.44. The van der Waals surface area contributed by atoms with Crippen molar-refractivity contribution in [2.45, 2.75) is 31.9 Å². The first-order chi connectivity index (χ1) is 12.1. The summed E-state index contributed by atoms with van der Waals surface area (Å²) in [5.74, 6) is 0. The summed E-state index contributed by atoms with van der Waals surface area (Å²) in [5, 5.41) is 10.7. The molecule has 1 aliphatic heterocycles. The van der Waals surface area contributed by atoms with E-state index in [0.717, 1.165) is 38.3 Å². The minimum atomic E-state index is -0.306. The second-order valence-corrected chi connectivity index (χ2v) is 7.34. The van der Waals surface area contributed by atoms with Gasteiger partial charge in [-0.15, -0.1) is 0 Å². The topological polar surface area (TPSA) is 52.7 Å². The molecule has 4 heteroatoms. The zero-order valence-electron chi connectivity index (χ0n) is 14.9. The number of fused-ring (bicyclic) bond motifs is 1. The van der Waals surface area contributed by atoms with Crippen molar-refractivity contribution >= 4 is 11.4 Å². The number of aliphatic hydroxyl groups is 1. The van der Waals surface area contributed by atoms with Crippen LogP contribution in [0.4, 0.5) is 11.4 Å². The fraction of sp³-hybridized carbons (Fsp3) is 0.429. The van der Waals surface area contributed by atoms with Crippen molar-refractivity contribution in [2.75, 3.05) is 36.8 Å². The highest BCUT2D eigenvalue weighted by Crippen LogP contribution is 2.30. The number of rotatable bonds is 2. The van der Waals surface area contributed by atoms with E-state index in [1.54, 1.807) is 0 Å². The van der Waals surface area contributed by atoms with Crippen molar-refractivity contribution in [2.24, 2.45) is 0 Å². The van der Waals surface area contributed by atoms with Gasteiger partial charge in [0.25, 0.3) is 0 Å². The quantitative estimate of drug-likeness (QED) is 0.825. The van der Waals surface area contributed by atoms with Crippen LogP contribution in [0, 0.1) is 6.92 Å². The maximum Gasteiger partial charge on any atom is 0.0739 e. The minimum Gasteiger partial charge on any atom is -0.398 e. The van der Waals surface area contributed by atoms with Gasteiger partial charge in [0.1, 0.15) is 0 Å². The van der Waals surface area contributed by atoms with Crippen LogP contribution in [0.15, 0.2) is 42.5 Å². The molecule has 1 aliphatic carbocycles. The fourth-order valence-electron chi connectivity index (χ4n) is 4.39. The van der Waals surface area contributed by atoms with Gasteiger partial charge in [-0.3, -0.25) is 4.90 Å². The molecule has 0 spiro atoms. The fourth-order valence-corrected chi connectivity index (χ4v) is 4.39. The average molecular weight is 337 g/mol. The van der Waals surface area contributed by atoms with Gasteiger partial charge in [-0.05, 0) is 42.2 Å². The van der Waals surface area contributed by atoms with Crippen molar-refractivity contribution in [3.8, 4) is 0 Å². The second-order valence-electron chi connectivity index (χ2n) is 7.34. The molecule has 1 fully saturated rings. The summed E-state index contributed by atoms with van der Waals surface area (Å²) < 4.78 is 0. The number of para-hydroxylation sites is 1. The third-order valence-electron chi connectivity index (χ3n) is 5.84. The van der Waals surface area contributed by atoms with E-state index in [9.17, 15) is 5.11 Å². The summed E-state index contributed by atoms with van der Waals surface area (Å²) in [6.45, 7) is 6.15. The number of nitrogen functional groups attached to an aromatic ring is 1. The Morgan fingerprint density at radius 2 is 1.72 bits per heavy atom. The highest BCUT2D eigenvalue weighted by molar-refractivity contribution is 5.54. The highest BCUT2D eigenvalue weighted by Gasteiger charge is 2.34. The molecule has 0 bridgehead atoms. The molecule has 132 valence electrons. The number of nitrogens with two attached hydrogens (primary N) is 1. The van der Waals surface area contributed by atoms with Gasteiger partial charge in [-0.1, -0.05) is 30.3 Å². The third kappa shape index (κ3) is 3.12. The van der Waals surface area contributed by atoms with Crippen LogP contribution in [0.5, 0.6) is 0 Å². The van der Waals surface area contributed by atoms with Crippen LogP contribution in [0.25, 0.3) is 0 Å². The van der Waals surface area contributed by atoms with Crippen LogP contribution >= 0.6 is 0 Å².